The van der Waals surface area contributed by atoms with E-state index in [1.807, 2.05) is 6.92 Å². The first kappa shape index (κ1) is 16.7. The van der Waals surface area contributed by atoms with Gasteiger partial charge in [-0.2, -0.15) is 0 Å². The summed E-state index contributed by atoms with van der Waals surface area (Å²) in [5, 5.41) is 4.78. The molecule has 0 aromatic heterocycles. The molecule has 0 radical (unpaired) electrons. The van der Waals surface area contributed by atoms with Gasteiger partial charge >= 0.3 is 5.97 Å². The average Bonchev–Trinajstić information content (AvgIpc) is 2.45. The number of rotatable bonds is 4. The van der Waals surface area contributed by atoms with Crippen molar-refractivity contribution in [3.63, 3.8) is 0 Å². The predicted octanol–water partition coefficient (Wildman–Crippen LogP) is 5.18. The molecule has 1 aromatic rings. The summed E-state index contributed by atoms with van der Waals surface area (Å²) in [4.78, 5) is 11.8. The predicted molar refractivity (Wildman–Crippen MR) is 87.5 cm³/mol. The Labute approximate surface area is 139 Å². The van der Waals surface area contributed by atoms with Gasteiger partial charge in [-0.1, -0.05) is 41.2 Å². The highest BCUT2D eigenvalue weighted by molar-refractivity contribution is 6.44. The summed E-state index contributed by atoms with van der Waals surface area (Å²) in [7, 11) is 0. The van der Waals surface area contributed by atoms with Crippen LogP contribution in [-0.2, 0) is 9.53 Å². The molecular weight excluding hydrogens is 333 g/mol. The summed E-state index contributed by atoms with van der Waals surface area (Å²) in [5.74, 6) is -0.151. The maximum atomic E-state index is 11.8. The first-order valence-electron chi connectivity index (χ1n) is 7.09. The Kier molecular flexibility index (Phi) is 6.03. The number of halogens is 3. The molecule has 2 rings (SSSR count). The van der Waals surface area contributed by atoms with Crippen LogP contribution >= 0.6 is 34.8 Å². The Morgan fingerprint density at radius 1 is 1.24 bits per heavy atom. The number of anilines is 1. The number of carbonyl (C=O) groups is 1. The van der Waals surface area contributed by atoms with Gasteiger partial charge in [0.1, 0.15) is 0 Å². The quantitative estimate of drug-likeness (QED) is 0.600. The molecule has 0 saturated heterocycles. The molecule has 1 aromatic carbocycles. The van der Waals surface area contributed by atoms with Gasteiger partial charge in [0.15, 0.2) is 0 Å². The smallest absolute Gasteiger partial charge is 0.308 e. The van der Waals surface area contributed by atoms with Gasteiger partial charge in [-0.05, 0) is 38.3 Å². The van der Waals surface area contributed by atoms with Crippen LogP contribution in [0.1, 0.15) is 32.6 Å². The summed E-state index contributed by atoms with van der Waals surface area (Å²) >= 11 is 18.1. The van der Waals surface area contributed by atoms with Crippen molar-refractivity contribution >= 4 is 46.5 Å². The van der Waals surface area contributed by atoms with E-state index < -0.39 is 0 Å². The molecule has 1 saturated carbocycles. The van der Waals surface area contributed by atoms with Crippen LogP contribution in [0.2, 0.25) is 15.1 Å². The summed E-state index contributed by atoms with van der Waals surface area (Å²) in [6.07, 6.45) is 3.61. The first-order chi connectivity index (χ1) is 10.0. The highest BCUT2D eigenvalue weighted by atomic mass is 35.5. The lowest BCUT2D eigenvalue weighted by Crippen LogP contribution is -2.32. The maximum Gasteiger partial charge on any atom is 0.308 e. The highest BCUT2D eigenvalue weighted by Crippen LogP contribution is 2.35. The maximum absolute atomic E-state index is 11.8. The van der Waals surface area contributed by atoms with Gasteiger partial charge in [0.05, 0.1) is 33.3 Å². The Morgan fingerprint density at radius 3 is 2.67 bits per heavy atom. The highest BCUT2D eigenvalue weighted by Gasteiger charge is 2.28. The van der Waals surface area contributed by atoms with E-state index in [4.69, 9.17) is 39.5 Å². The van der Waals surface area contributed by atoms with Crippen LogP contribution in [0, 0.1) is 5.92 Å². The van der Waals surface area contributed by atoms with Crippen molar-refractivity contribution in [3.8, 4) is 0 Å². The van der Waals surface area contributed by atoms with Crippen molar-refractivity contribution in [1.82, 2.24) is 0 Å². The van der Waals surface area contributed by atoms with E-state index in [-0.39, 0.29) is 17.9 Å². The fourth-order valence-corrected chi connectivity index (χ4v) is 3.25. The number of hydrogen-bond donors (Lipinski definition) is 1. The second-order valence-corrected chi connectivity index (χ2v) is 6.42. The summed E-state index contributed by atoms with van der Waals surface area (Å²) in [5.41, 5.74) is 0.751. The van der Waals surface area contributed by atoms with E-state index >= 15 is 0 Å². The molecule has 21 heavy (non-hydrogen) atoms. The fourth-order valence-electron chi connectivity index (χ4n) is 2.65. The molecule has 116 valence electrons. The van der Waals surface area contributed by atoms with E-state index in [9.17, 15) is 4.79 Å². The molecule has 1 fully saturated rings. The number of esters is 1. The number of ether oxygens (including phenoxy) is 1. The molecule has 0 heterocycles. The molecule has 1 aliphatic carbocycles. The van der Waals surface area contributed by atoms with Crippen molar-refractivity contribution in [2.24, 2.45) is 5.92 Å². The van der Waals surface area contributed by atoms with Crippen LogP contribution in [0.5, 0.6) is 0 Å². The molecule has 0 bridgehead atoms. The van der Waals surface area contributed by atoms with E-state index in [2.05, 4.69) is 5.32 Å². The van der Waals surface area contributed by atoms with Crippen molar-refractivity contribution in [3.05, 3.63) is 27.2 Å². The van der Waals surface area contributed by atoms with Gasteiger partial charge in [-0.3, -0.25) is 4.79 Å². The second kappa shape index (κ2) is 7.57. The summed E-state index contributed by atoms with van der Waals surface area (Å²) in [6.45, 7) is 2.25. The standard InChI is InChI=1S/C15H18Cl3NO2/c1-2-21-15(20)9-4-3-5-10(6-9)19-14-8-12(17)11(16)7-13(14)18/h7-10,19H,2-6H2,1H3. The Balaban J connectivity index is 2.03. The Hall–Kier alpha value is -0.640. The van der Waals surface area contributed by atoms with Crippen molar-refractivity contribution < 1.29 is 9.53 Å². The fraction of sp³-hybridized carbons (Fsp3) is 0.533. The number of benzene rings is 1. The lowest BCUT2D eigenvalue weighted by atomic mass is 9.85. The van der Waals surface area contributed by atoms with Crippen LogP contribution in [-0.4, -0.2) is 18.6 Å². The minimum atomic E-state index is -0.107. The number of carbonyl (C=O) groups excluding carboxylic acids is 1. The summed E-state index contributed by atoms with van der Waals surface area (Å²) in [6, 6.07) is 3.53. The number of hydrogen-bond acceptors (Lipinski definition) is 3. The normalized spacial score (nSPS) is 21.9. The minimum absolute atomic E-state index is 0.0438. The van der Waals surface area contributed by atoms with Crippen LogP contribution in [0.25, 0.3) is 0 Å². The Bertz CT molecular complexity index is 522. The van der Waals surface area contributed by atoms with Gasteiger partial charge in [-0.15, -0.1) is 0 Å². The van der Waals surface area contributed by atoms with Crippen LogP contribution in [0.3, 0.4) is 0 Å². The third-order valence-corrected chi connectivity index (χ3v) is 4.70. The van der Waals surface area contributed by atoms with Gasteiger partial charge in [0, 0.05) is 6.04 Å². The van der Waals surface area contributed by atoms with Crippen molar-refractivity contribution in [1.29, 1.82) is 0 Å². The zero-order valence-electron chi connectivity index (χ0n) is 11.8. The topological polar surface area (TPSA) is 38.3 Å². The van der Waals surface area contributed by atoms with E-state index in [0.29, 0.717) is 21.7 Å². The van der Waals surface area contributed by atoms with Crippen LogP contribution < -0.4 is 5.32 Å². The lowest BCUT2D eigenvalue weighted by Gasteiger charge is -2.29. The van der Waals surface area contributed by atoms with Crippen LogP contribution in [0.15, 0.2) is 12.1 Å². The molecule has 0 amide bonds. The van der Waals surface area contributed by atoms with Crippen LogP contribution in [0.4, 0.5) is 5.69 Å². The molecular formula is C15H18Cl3NO2. The number of nitrogens with one attached hydrogen (secondary N) is 1. The average molecular weight is 351 g/mol. The first-order valence-corrected chi connectivity index (χ1v) is 8.22. The lowest BCUT2D eigenvalue weighted by molar-refractivity contribution is -0.149. The van der Waals surface area contributed by atoms with E-state index in [0.717, 1.165) is 31.4 Å². The van der Waals surface area contributed by atoms with Gasteiger partial charge in [0.2, 0.25) is 0 Å². The third-order valence-electron chi connectivity index (χ3n) is 3.66. The SMILES string of the molecule is CCOC(=O)C1CCCC(Nc2cc(Cl)c(Cl)cc2Cl)C1. The van der Waals surface area contributed by atoms with Crippen molar-refractivity contribution in [2.75, 3.05) is 11.9 Å². The van der Waals surface area contributed by atoms with E-state index in [1.165, 1.54) is 0 Å². The van der Waals surface area contributed by atoms with Crippen molar-refractivity contribution in [2.45, 2.75) is 38.6 Å². The minimum Gasteiger partial charge on any atom is -0.466 e. The molecule has 1 aliphatic rings. The second-order valence-electron chi connectivity index (χ2n) is 5.20. The zero-order valence-corrected chi connectivity index (χ0v) is 14.1. The molecule has 3 nitrogen and oxygen atoms in total. The molecule has 2 atom stereocenters. The molecule has 1 N–H and O–H groups in total. The van der Waals surface area contributed by atoms with E-state index in [1.54, 1.807) is 12.1 Å². The molecule has 0 spiro atoms. The molecule has 2 unspecified atom stereocenters. The molecule has 0 aliphatic heterocycles. The monoisotopic (exact) mass is 349 g/mol. The largest absolute Gasteiger partial charge is 0.466 e. The zero-order chi connectivity index (χ0) is 15.4. The molecule has 6 heteroatoms. The summed E-state index contributed by atoms with van der Waals surface area (Å²) < 4.78 is 5.11. The Morgan fingerprint density at radius 2 is 1.95 bits per heavy atom. The van der Waals surface area contributed by atoms with Gasteiger partial charge in [-0.25, -0.2) is 0 Å². The van der Waals surface area contributed by atoms with Gasteiger partial charge < -0.3 is 10.1 Å². The third kappa shape index (κ3) is 4.41. The van der Waals surface area contributed by atoms with Gasteiger partial charge in [0.25, 0.3) is 0 Å².